The van der Waals surface area contributed by atoms with E-state index in [1.807, 2.05) is 0 Å². The van der Waals surface area contributed by atoms with Gasteiger partial charge >= 0.3 is 0 Å². The molecule has 0 saturated heterocycles. The van der Waals surface area contributed by atoms with Crippen LogP contribution >= 0.6 is 0 Å². The third kappa shape index (κ3) is 3.94. The number of rotatable bonds is 4. The van der Waals surface area contributed by atoms with Crippen LogP contribution in [0.1, 0.15) is 18.1 Å². The quantitative estimate of drug-likeness (QED) is 0.584. The first-order chi connectivity index (χ1) is 8.89. The normalized spacial score (nSPS) is 11.2. The zero-order valence-corrected chi connectivity index (χ0v) is 14.5. The van der Waals surface area contributed by atoms with Crippen molar-refractivity contribution in [2.24, 2.45) is 0 Å². The van der Waals surface area contributed by atoms with E-state index in [0.717, 1.165) is 17.6 Å². The van der Waals surface area contributed by atoms with E-state index in [4.69, 9.17) is 0 Å². The monoisotopic (exact) mass is 333 g/mol. The Bertz CT molecular complexity index is 614. The van der Waals surface area contributed by atoms with Crippen LogP contribution in [0.2, 0.25) is 0 Å². The lowest BCUT2D eigenvalue weighted by atomic mass is 9.98. The molecule has 0 bridgehead atoms. The second-order valence-electron chi connectivity index (χ2n) is 6.29. The van der Waals surface area contributed by atoms with Crippen molar-refractivity contribution in [2.75, 3.05) is 20.6 Å². The summed E-state index contributed by atoms with van der Waals surface area (Å²) in [6, 6.07) is 13.1. The number of aryl methyl sites for hydroxylation is 1. The Balaban J connectivity index is 0.00000200. The molecule has 2 aromatic carbocycles. The summed E-state index contributed by atoms with van der Waals surface area (Å²) in [4.78, 5) is 0. The summed E-state index contributed by atoms with van der Waals surface area (Å²) in [5.74, 6) is 0. The summed E-state index contributed by atoms with van der Waals surface area (Å²) in [6.07, 6.45) is 0. The number of halogens is 1. The van der Waals surface area contributed by atoms with E-state index in [-0.39, 0.29) is 17.0 Å². The van der Waals surface area contributed by atoms with Gasteiger partial charge in [-0.2, -0.15) is 0 Å². The van der Waals surface area contributed by atoms with E-state index in [0.29, 0.717) is 0 Å². The van der Waals surface area contributed by atoms with Crippen LogP contribution in [0.15, 0.2) is 48.6 Å². The number of likely N-dealkylation sites (N-methyl/N-ethyl adjacent to an activating group) is 1. The lowest BCUT2D eigenvalue weighted by Gasteiger charge is -2.31. The molecule has 2 rings (SSSR count). The largest absolute Gasteiger partial charge is 1.00 e. The highest BCUT2D eigenvalue weighted by Gasteiger charge is 2.18. The highest BCUT2D eigenvalue weighted by atomic mass is 79.9. The number of hydrogen-bond donors (Lipinski definition) is 0. The molecule has 0 aliphatic rings. The number of quaternary nitrogens is 1. The van der Waals surface area contributed by atoms with Crippen molar-refractivity contribution in [1.29, 1.82) is 0 Å². The van der Waals surface area contributed by atoms with Crippen molar-refractivity contribution in [1.82, 2.24) is 0 Å². The maximum Gasteiger partial charge on any atom is 0.105 e. The van der Waals surface area contributed by atoms with Crippen molar-refractivity contribution >= 4 is 10.8 Å². The Morgan fingerprint density at radius 3 is 2.40 bits per heavy atom. The van der Waals surface area contributed by atoms with Crippen LogP contribution in [0.25, 0.3) is 10.8 Å². The smallest absolute Gasteiger partial charge is 0.105 e. The molecule has 0 amide bonds. The van der Waals surface area contributed by atoms with Crippen molar-refractivity contribution in [3.63, 3.8) is 0 Å². The van der Waals surface area contributed by atoms with Gasteiger partial charge in [0.25, 0.3) is 0 Å². The Hall–Kier alpha value is -1.12. The molecule has 2 heteroatoms. The van der Waals surface area contributed by atoms with E-state index in [1.165, 1.54) is 27.5 Å². The fourth-order valence-electron chi connectivity index (χ4n) is 2.87. The van der Waals surface area contributed by atoms with Gasteiger partial charge in [-0.1, -0.05) is 43.0 Å². The molecule has 0 N–H and O–H groups in total. The van der Waals surface area contributed by atoms with E-state index >= 15 is 0 Å². The third-order valence-corrected chi connectivity index (χ3v) is 3.56. The molecule has 0 spiro atoms. The van der Waals surface area contributed by atoms with Crippen molar-refractivity contribution in [3.8, 4) is 0 Å². The SMILES string of the molecule is C=C(C)C[N+](C)(C)Cc1c(C)ccc2ccccc12.[Br-]. The lowest BCUT2D eigenvalue weighted by molar-refractivity contribution is -0.898. The lowest BCUT2D eigenvalue weighted by Crippen LogP contribution is -3.00. The van der Waals surface area contributed by atoms with Gasteiger partial charge in [0.2, 0.25) is 0 Å². The molecule has 0 aromatic heterocycles. The Kier molecular flexibility index (Phi) is 5.55. The standard InChI is InChI=1S/C18H24N.BrH/c1-14(2)12-19(4,5)13-18-15(3)10-11-16-8-6-7-9-17(16)18;/h6-11H,1,12-13H2,2-5H3;1H/q+1;/p-1. The topological polar surface area (TPSA) is 0 Å². The first kappa shape index (κ1) is 16.9. The Morgan fingerprint density at radius 2 is 1.75 bits per heavy atom. The summed E-state index contributed by atoms with van der Waals surface area (Å²) in [7, 11) is 4.55. The van der Waals surface area contributed by atoms with E-state index in [9.17, 15) is 0 Å². The maximum atomic E-state index is 4.05. The summed E-state index contributed by atoms with van der Waals surface area (Å²) in [6.45, 7) is 10.4. The fraction of sp³-hybridized carbons (Fsp3) is 0.333. The van der Waals surface area contributed by atoms with Crippen LogP contribution in [0.5, 0.6) is 0 Å². The molecule has 0 aliphatic heterocycles. The average molecular weight is 334 g/mol. The van der Waals surface area contributed by atoms with E-state index < -0.39 is 0 Å². The van der Waals surface area contributed by atoms with Crippen molar-refractivity contribution < 1.29 is 21.5 Å². The predicted molar refractivity (Wildman–Crippen MR) is 84.2 cm³/mol. The maximum absolute atomic E-state index is 4.05. The minimum absolute atomic E-state index is 0. The molecular weight excluding hydrogens is 310 g/mol. The molecule has 0 heterocycles. The molecule has 2 aromatic rings. The van der Waals surface area contributed by atoms with Gasteiger partial charge < -0.3 is 21.5 Å². The first-order valence-electron chi connectivity index (χ1n) is 6.83. The van der Waals surface area contributed by atoms with E-state index in [2.05, 4.69) is 70.9 Å². The summed E-state index contributed by atoms with van der Waals surface area (Å²) in [5, 5.41) is 2.72. The van der Waals surface area contributed by atoms with Crippen LogP contribution in [-0.4, -0.2) is 25.1 Å². The molecule has 0 aliphatic carbocycles. The van der Waals surface area contributed by atoms with Crippen LogP contribution < -0.4 is 17.0 Å². The molecule has 1 nitrogen and oxygen atoms in total. The summed E-state index contributed by atoms with van der Waals surface area (Å²) in [5.41, 5.74) is 4.08. The number of benzene rings is 2. The molecule has 0 fully saturated rings. The summed E-state index contributed by atoms with van der Waals surface area (Å²) < 4.78 is 0.949. The van der Waals surface area contributed by atoms with E-state index in [1.54, 1.807) is 0 Å². The van der Waals surface area contributed by atoms with Crippen molar-refractivity contribution in [3.05, 3.63) is 59.7 Å². The molecule has 0 saturated carbocycles. The van der Waals surface area contributed by atoms with Gasteiger partial charge in [0.05, 0.1) is 20.6 Å². The van der Waals surface area contributed by atoms with Gasteiger partial charge in [-0.05, 0) is 35.8 Å². The number of fused-ring (bicyclic) bond motifs is 1. The van der Waals surface area contributed by atoms with Crippen LogP contribution in [-0.2, 0) is 6.54 Å². The molecule has 108 valence electrons. The van der Waals surface area contributed by atoms with Gasteiger partial charge in [-0.15, -0.1) is 0 Å². The molecular formula is C18H24BrN. The minimum atomic E-state index is 0. The number of nitrogens with zero attached hydrogens (tertiary/aromatic N) is 1. The minimum Gasteiger partial charge on any atom is -1.00 e. The zero-order valence-electron chi connectivity index (χ0n) is 12.9. The fourth-order valence-corrected chi connectivity index (χ4v) is 2.87. The van der Waals surface area contributed by atoms with Gasteiger partial charge in [0.1, 0.15) is 6.54 Å². The Morgan fingerprint density at radius 1 is 1.10 bits per heavy atom. The number of hydrogen-bond acceptors (Lipinski definition) is 0. The average Bonchev–Trinajstić information content (AvgIpc) is 2.31. The van der Waals surface area contributed by atoms with Gasteiger partial charge in [-0.3, -0.25) is 0 Å². The molecule has 20 heavy (non-hydrogen) atoms. The van der Waals surface area contributed by atoms with Crippen LogP contribution in [0.4, 0.5) is 0 Å². The van der Waals surface area contributed by atoms with Gasteiger partial charge in [0, 0.05) is 5.56 Å². The second-order valence-corrected chi connectivity index (χ2v) is 6.29. The first-order valence-corrected chi connectivity index (χ1v) is 6.83. The predicted octanol–water partition coefficient (Wildman–Crippen LogP) is 1.30. The van der Waals surface area contributed by atoms with Crippen molar-refractivity contribution in [2.45, 2.75) is 20.4 Å². The highest BCUT2D eigenvalue weighted by Crippen LogP contribution is 2.25. The molecule has 0 unspecified atom stereocenters. The van der Waals surface area contributed by atoms with Gasteiger partial charge in [-0.25, -0.2) is 0 Å². The van der Waals surface area contributed by atoms with Crippen LogP contribution in [0.3, 0.4) is 0 Å². The third-order valence-electron chi connectivity index (χ3n) is 3.56. The Labute approximate surface area is 133 Å². The summed E-state index contributed by atoms with van der Waals surface area (Å²) >= 11 is 0. The zero-order chi connectivity index (χ0) is 14.0. The second kappa shape index (κ2) is 6.55. The van der Waals surface area contributed by atoms with Gasteiger partial charge in [0.15, 0.2) is 0 Å². The molecule has 0 radical (unpaired) electrons. The molecule has 0 atom stereocenters. The van der Waals surface area contributed by atoms with Crippen LogP contribution in [0, 0.1) is 6.92 Å². The highest BCUT2D eigenvalue weighted by molar-refractivity contribution is 5.86.